The van der Waals surface area contributed by atoms with Crippen molar-refractivity contribution in [3.05, 3.63) is 29.8 Å². The fourth-order valence-electron chi connectivity index (χ4n) is 2.14. The first kappa shape index (κ1) is 12.6. The van der Waals surface area contributed by atoms with Crippen LogP contribution in [-0.2, 0) is 4.79 Å². The Balaban J connectivity index is 1.95. The third kappa shape index (κ3) is 2.88. The highest BCUT2D eigenvalue weighted by Gasteiger charge is 2.21. The molecule has 0 aliphatic carbocycles. The second-order valence-electron chi connectivity index (χ2n) is 4.49. The van der Waals surface area contributed by atoms with Crippen LogP contribution in [0.15, 0.2) is 24.3 Å². The number of amidine groups is 1. The SMILES string of the molecule is CC(=N)N1CCC(Oc2ccccc2[C]=O)CC1. The fourth-order valence-corrected chi connectivity index (χ4v) is 2.14. The van der Waals surface area contributed by atoms with Crippen LogP contribution >= 0.6 is 0 Å². The van der Waals surface area contributed by atoms with E-state index in [0.717, 1.165) is 25.9 Å². The first-order chi connectivity index (χ1) is 8.70. The van der Waals surface area contributed by atoms with Crippen molar-refractivity contribution < 1.29 is 9.53 Å². The summed E-state index contributed by atoms with van der Waals surface area (Å²) in [5, 5.41) is 7.57. The molecule has 1 radical (unpaired) electrons. The smallest absolute Gasteiger partial charge is 0.237 e. The Morgan fingerprint density at radius 2 is 2.06 bits per heavy atom. The normalized spacial score (nSPS) is 16.4. The molecule has 1 fully saturated rings. The van der Waals surface area contributed by atoms with E-state index in [4.69, 9.17) is 10.1 Å². The molecule has 1 aliphatic rings. The minimum Gasteiger partial charge on any atom is -0.490 e. The summed E-state index contributed by atoms with van der Waals surface area (Å²) in [6.45, 7) is 3.48. The molecular weight excluding hydrogens is 228 g/mol. The second kappa shape index (κ2) is 5.67. The molecule has 1 aromatic rings. The lowest BCUT2D eigenvalue weighted by Crippen LogP contribution is -2.40. The average Bonchev–Trinajstić information content (AvgIpc) is 2.40. The van der Waals surface area contributed by atoms with E-state index in [2.05, 4.69) is 0 Å². The summed E-state index contributed by atoms with van der Waals surface area (Å²) in [6, 6.07) is 7.16. The van der Waals surface area contributed by atoms with E-state index in [9.17, 15) is 4.79 Å². The number of benzene rings is 1. The van der Waals surface area contributed by atoms with Crippen molar-refractivity contribution in [2.75, 3.05) is 13.1 Å². The van der Waals surface area contributed by atoms with Gasteiger partial charge in [-0.2, -0.15) is 0 Å². The Bertz CT molecular complexity index is 437. The monoisotopic (exact) mass is 245 g/mol. The van der Waals surface area contributed by atoms with E-state index in [1.807, 2.05) is 17.3 Å². The third-order valence-corrected chi connectivity index (χ3v) is 3.21. The quantitative estimate of drug-likeness (QED) is 0.654. The molecule has 0 bridgehead atoms. The molecule has 1 saturated heterocycles. The van der Waals surface area contributed by atoms with Gasteiger partial charge in [-0.1, -0.05) is 12.1 Å². The van der Waals surface area contributed by atoms with E-state index < -0.39 is 0 Å². The van der Waals surface area contributed by atoms with Crippen LogP contribution in [0.1, 0.15) is 25.3 Å². The molecule has 2 rings (SSSR count). The zero-order valence-corrected chi connectivity index (χ0v) is 10.5. The van der Waals surface area contributed by atoms with Gasteiger partial charge in [0.25, 0.3) is 0 Å². The summed E-state index contributed by atoms with van der Waals surface area (Å²) < 4.78 is 5.85. The Kier molecular flexibility index (Phi) is 3.97. The maximum Gasteiger partial charge on any atom is 0.237 e. The zero-order valence-electron chi connectivity index (χ0n) is 10.5. The molecule has 0 saturated carbocycles. The topological polar surface area (TPSA) is 53.4 Å². The lowest BCUT2D eigenvalue weighted by Gasteiger charge is -2.33. The molecule has 0 aromatic heterocycles. The molecule has 1 N–H and O–H groups in total. The van der Waals surface area contributed by atoms with Crippen molar-refractivity contribution >= 4 is 12.1 Å². The largest absolute Gasteiger partial charge is 0.490 e. The number of carbonyl (C=O) groups excluding carboxylic acids is 1. The highest BCUT2D eigenvalue weighted by molar-refractivity contribution is 5.79. The van der Waals surface area contributed by atoms with Gasteiger partial charge >= 0.3 is 0 Å². The van der Waals surface area contributed by atoms with E-state index in [1.54, 1.807) is 25.1 Å². The summed E-state index contributed by atoms with van der Waals surface area (Å²) >= 11 is 0. The summed E-state index contributed by atoms with van der Waals surface area (Å²) in [5.74, 6) is 1.22. The van der Waals surface area contributed by atoms with Crippen LogP contribution in [0.4, 0.5) is 0 Å². The first-order valence-electron chi connectivity index (χ1n) is 6.14. The molecule has 4 nitrogen and oxygen atoms in total. The highest BCUT2D eigenvalue weighted by atomic mass is 16.5. The summed E-state index contributed by atoms with van der Waals surface area (Å²) in [6.07, 6.45) is 3.77. The fraction of sp³-hybridized carbons (Fsp3) is 0.429. The molecule has 1 aliphatic heterocycles. The predicted octanol–water partition coefficient (Wildman–Crippen LogP) is 1.98. The van der Waals surface area contributed by atoms with Gasteiger partial charge in [0.1, 0.15) is 11.9 Å². The van der Waals surface area contributed by atoms with Gasteiger partial charge in [-0.15, -0.1) is 0 Å². The van der Waals surface area contributed by atoms with E-state index >= 15 is 0 Å². The number of hydrogen-bond acceptors (Lipinski definition) is 3. The molecule has 1 heterocycles. The minimum atomic E-state index is 0.120. The molecule has 0 unspecified atom stereocenters. The van der Waals surface area contributed by atoms with Gasteiger partial charge in [0.2, 0.25) is 6.29 Å². The van der Waals surface area contributed by atoms with Gasteiger partial charge in [0, 0.05) is 25.9 Å². The predicted molar refractivity (Wildman–Crippen MR) is 69.9 cm³/mol. The molecule has 4 heteroatoms. The summed E-state index contributed by atoms with van der Waals surface area (Å²) in [7, 11) is 0. The van der Waals surface area contributed by atoms with Crippen LogP contribution in [-0.4, -0.2) is 36.2 Å². The number of ether oxygens (including phenoxy) is 1. The Morgan fingerprint density at radius 1 is 1.39 bits per heavy atom. The van der Waals surface area contributed by atoms with Gasteiger partial charge in [0.05, 0.1) is 11.4 Å². The maximum absolute atomic E-state index is 10.8. The molecule has 0 amide bonds. The number of nitrogens with one attached hydrogen (secondary N) is 1. The number of hydrogen-bond donors (Lipinski definition) is 1. The molecular formula is C14H17N2O2. The third-order valence-electron chi connectivity index (χ3n) is 3.21. The Labute approximate surface area is 107 Å². The molecule has 18 heavy (non-hydrogen) atoms. The molecule has 95 valence electrons. The van der Waals surface area contributed by atoms with Crippen molar-refractivity contribution in [3.8, 4) is 5.75 Å². The van der Waals surface area contributed by atoms with Crippen LogP contribution in [0, 0.1) is 5.41 Å². The number of nitrogens with zero attached hydrogens (tertiary/aromatic N) is 1. The standard InChI is InChI=1S/C14H17N2O2/c1-11(15)16-8-6-13(7-9-16)18-14-5-3-2-4-12(14)10-17/h2-5,13,15H,6-9H2,1H3. The number of rotatable bonds is 3. The van der Waals surface area contributed by atoms with Crippen molar-refractivity contribution in [2.45, 2.75) is 25.9 Å². The lowest BCUT2D eigenvalue weighted by molar-refractivity contribution is 0.130. The summed E-state index contributed by atoms with van der Waals surface area (Å²) in [4.78, 5) is 12.8. The Hall–Kier alpha value is -1.84. The highest BCUT2D eigenvalue weighted by Crippen LogP contribution is 2.21. The number of likely N-dealkylation sites (tertiary alicyclic amines) is 1. The van der Waals surface area contributed by atoms with Crippen LogP contribution in [0.5, 0.6) is 5.75 Å². The van der Waals surface area contributed by atoms with Gasteiger partial charge in [-0.3, -0.25) is 10.2 Å². The lowest BCUT2D eigenvalue weighted by atomic mass is 10.1. The number of piperidine rings is 1. The number of para-hydroxylation sites is 1. The van der Waals surface area contributed by atoms with Crippen LogP contribution in [0.3, 0.4) is 0 Å². The van der Waals surface area contributed by atoms with Gasteiger partial charge in [-0.25, -0.2) is 0 Å². The van der Waals surface area contributed by atoms with Crippen molar-refractivity contribution in [1.29, 1.82) is 5.41 Å². The van der Waals surface area contributed by atoms with Crippen LogP contribution in [0.25, 0.3) is 0 Å². The van der Waals surface area contributed by atoms with Gasteiger partial charge in [0.15, 0.2) is 0 Å². The van der Waals surface area contributed by atoms with E-state index in [1.165, 1.54) is 0 Å². The zero-order chi connectivity index (χ0) is 13.0. The van der Waals surface area contributed by atoms with Gasteiger partial charge < -0.3 is 9.64 Å². The minimum absolute atomic E-state index is 0.120. The van der Waals surface area contributed by atoms with Crippen LogP contribution < -0.4 is 4.74 Å². The first-order valence-corrected chi connectivity index (χ1v) is 6.14. The van der Waals surface area contributed by atoms with E-state index in [-0.39, 0.29) is 6.10 Å². The molecule has 0 atom stereocenters. The van der Waals surface area contributed by atoms with Crippen molar-refractivity contribution in [1.82, 2.24) is 4.90 Å². The summed E-state index contributed by atoms with van der Waals surface area (Å²) in [5.41, 5.74) is 0.475. The van der Waals surface area contributed by atoms with Gasteiger partial charge in [-0.05, 0) is 19.1 Å². The molecule has 1 aromatic carbocycles. The second-order valence-corrected chi connectivity index (χ2v) is 4.49. The van der Waals surface area contributed by atoms with E-state index in [0.29, 0.717) is 17.1 Å². The maximum atomic E-state index is 10.8. The Morgan fingerprint density at radius 3 is 2.67 bits per heavy atom. The average molecular weight is 245 g/mol. The van der Waals surface area contributed by atoms with Crippen molar-refractivity contribution in [3.63, 3.8) is 0 Å². The molecule has 0 spiro atoms. The van der Waals surface area contributed by atoms with Crippen LogP contribution in [0.2, 0.25) is 0 Å². The van der Waals surface area contributed by atoms with Crippen molar-refractivity contribution in [2.24, 2.45) is 0 Å².